The van der Waals surface area contributed by atoms with Gasteiger partial charge in [0.2, 0.25) is 0 Å². The number of nitrogens with zero attached hydrogens (tertiary/aromatic N) is 3. The predicted octanol–water partition coefficient (Wildman–Crippen LogP) is 2.31. The number of benzene rings is 1. The zero-order valence-corrected chi connectivity index (χ0v) is 10.8. The Hall–Kier alpha value is -1.68. The summed E-state index contributed by atoms with van der Waals surface area (Å²) in [6.45, 7) is 5.36. The molecule has 4 nitrogen and oxygen atoms in total. The molecule has 18 heavy (non-hydrogen) atoms. The molecule has 4 heteroatoms. The van der Waals surface area contributed by atoms with E-state index in [4.69, 9.17) is 0 Å². The monoisotopic (exact) mass is 242 g/mol. The lowest BCUT2D eigenvalue weighted by Gasteiger charge is -2.15. The summed E-state index contributed by atoms with van der Waals surface area (Å²) in [7, 11) is 0. The first-order valence-corrected chi connectivity index (χ1v) is 6.47. The van der Waals surface area contributed by atoms with Gasteiger partial charge in [-0.25, -0.2) is 0 Å². The van der Waals surface area contributed by atoms with Crippen molar-refractivity contribution in [1.82, 2.24) is 20.1 Å². The van der Waals surface area contributed by atoms with Crippen molar-refractivity contribution in [3.05, 3.63) is 41.5 Å². The molecule has 2 aromatic rings. The normalized spacial score (nSPS) is 19.3. The fourth-order valence-electron chi connectivity index (χ4n) is 2.57. The summed E-state index contributed by atoms with van der Waals surface area (Å²) < 4.78 is 2.12. The number of aryl methyl sites for hydroxylation is 1. The number of nitrogens with one attached hydrogen (secondary N) is 1. The Labute approximate surface area is 107 Å². The van der Waals surface area contributed by atoms with Crippen molar-refractivity contribution >= 4 is 0 Å². The molecule has 1 aliphatic heterocycles. The fourth-order valence-corrected chi connectivity index (χ4v) is 2.57. The lowest BCUT2D eigenvalue weighted by molar-refractivity contribution is 0.591. The van der Waals surface area contributed by atoms with Gasteiger partial charge in [-0.2, -0.15) is 0 Å². The van der Waals surface area contributed by atoms with Crippen LogP contribution in [0.4, 0.5) is 0 Å². The van der Waals surface area contributed by atoms with Crippen LogP contribution < -0.4 is 5.32 Å². The van der Waals surface area contributed by atoms with E-state index in [2.05, 4.69) is 52.1 Å². The van der Waals surface area contributed by atoms with Crippen molar-refractivity contribution in [3.63, 3.8) is 0 Å². The molecule has 0 bridgehead atoms. The van der Waals surface area contributed by atoms with E-state index in [1.165, 1.54) is 23.2 Å². The second-order valence-electron chi connectivity index (χ2n) is 4.93. The first kappa shape index (κ1) is 11.4. The first-order valence-electron chi connectivity index (χ1n) is 6.47. The summed E-state index contributed by atoms with van der Waals surface area (Å²) in [6.07, 6.45) is 4.17. The van der Waals surface area contributed by atoms with Crippen LogP contribution in [0.2, 0.25) is 0 Å². The van der Waals surface area contributed by atoms with Gasteiger partial charge in [0.25, 0.3) is 0 Å². The maximum atomic E-state index is 4.30. The molecule has 0 saturated carbocycles. The molecule has 1 aromatic carbocycles. The van der Waals surface area contributed by atoms with Crippen LogP contribution in [0.5, 0.6) is 0 Å². The summed E-state index contributed by atoms with van der Waals surface area (Å²) in [5.74, 6) is 1.03. The Morgan fingerprint density at radius 3 is 3.00 bits per heavy atom. The van der Waals surface area contributed by atoms with Crippen LogP contribution in [-0.2, 0) is 0 Å². The van der Waals surface area contributed by atoms with Crippen molar-refractivity contribution in [3.8, 4) is 5.69 Å². The van der Waals surface area contributed by atoms with E-state index >= 15 is 0 Å². The molecule has 3 rings (SSSR count). The minimum absolute atomic E-state index is 0.340. The molecule has 1 fully saturated rings. The van der Waals surface area contributed by atoms with Crippen LogP contribution in [-0.4, -0.2) is 21.3 Å². The third-order valence-corrected chi connectivity index (χ3v) is 3.78. The van der Waals surface area contributed by atoms with Crippen LogP contribution in [0.1, 0.15) is 35.8 Å². The molecule has 94 valence electrons. The average Bonchev–Trinajstić information content (AvgIpc) is 3.01. The second-order valence-corrected chi connectivity index (χ2v) is 4.93. The Morgan fingerprint density at radius 1 is 1.33 bits per heavy atom. The van der Waals surface area contributed by atoms with E-state index in [0.29, 0.717) is 6.04 Å². The number of hydrogen-bond donors (Lipinski definition) is 1. The molecule has 1 atom stereocenters. The van der Waals surface area contributed by atoms with E-state index in [0.717, 1.165) is 18.8 Å². The summed E-state index contributed by atoms with van der Waals surface area (Å²) in [5.41, 5.74) is 3.77. The molecule has 1 aromatic heterocycles. The van der Waals surface area contributed by atoms with E-state index in [1.807, 2.05) is 6.33 Å². The molecule has 1 unspecified atom stereocenters. The molecule has 1 aliphatic rings. The highest BCUT2D eigenvalue weighted by Crippen LogP contribution is 2.25. The third kappa shape index (κ3) is 1.82. The van der Waals surface area contributed by atoms with E-state index in [9.17, 15) is 0 Å². The van der Waals surface area contributed by atoms with E-state index in [-0.39, 0.29) is 0 Å². The Balaban J connectivity index is 2.06. The topological polar surface area (TPSA) is 42.7 Å². The Kier molecular flexibility index (Phi) is 2.88. The maximum Gasteiger partial charge on any atom is 0.154 e. The minimum atomic E-state index is 0.340. The molecule has 1 N–H and O–H groups in total. The van der Waals surface area contributed by atoms with Gasteiger partial charge >= 0.3 is 0 Å². The molecule has 0 amide bonds. The molecule has 1 saturated heterocycles. The quantitative estimate of drug-likeness (QED) is 0.878. The van der Waals surface area contributed by atoms with Crippen molar-refractivity contribution in [1.29, 1.82) is 0 Å². The van der Waals surface area contributed by atoms with Crippen molar-refractivity contribution < 1.29 is 0 Å². The zero-order chi connectivity index (χ0) is 12.5. The van der Waals surface area contributed by atoms with Gasteiger partial charge in [-0.05, 0) is 50.4 Å². The van der Waals surface area contributed by atoms with Crippen LogP contribution in [0.3, 0.4) is 0 Å². The second kappa shape index (κ2) is 4.53. The summed E-state index contributed by atoms with van der Waals surface area (Å²) in [5, 5.41) is 11.9. The highest BCUT2D eigenvalue weighted by molar-refractivity contribution is 5.45. The lowest BCUT2D eigenvalue weighted by Crippen LogP contribution is -2.17. The molecule has 0 aliphatic carbocycles. The first-order chi connectivity index (χ1) is 8.77. The summed E-state index contributed by atoms with van der Waals surface area (Å²) in [4.78, 5) is 0. The van der Waals surface area contributed by atoms with Crippen molar-refractivity contribution in [2.24, 2.45) is 0 Å². The van der Waals surface area contributed by atoms with Gasteiger partial charge in [-0.15, -0.1) is 10.2 Å². The Bertz CT molecular complexity index is 553. The highest BCUT2D eigenvalue weighted by atomic mass is 15.3. The van der Waals surface area contributed by atoms with Gasteiger partial charge < -0.3 is 5.32 Å². The molecule has 0 spiro atoms. The zero-order valence-electron chi connectivity index (χ0n) is 10.8. The number of hydrogen-bond acceptors (Lipinski definition) is 3. The van der Waals surface area contributed by atoms with Gasteiger partial charge in [0.15, 0.2) is 5.82 Å². The molecule has 0 radical (unpaired) electrons. The molecular weight excluding hydrogens is 224 g/mol. The molecule has 2 heterocycles. The smallest absolute Gasteiger partial charge is 0.154 e. The molecular formula is C14H18N4. The number of rotatable bonds is 2. The van der Waals surface area contributed by atoms with Crippen molar-refractivity contribution in [2.45, 2.75) is 32.7 Å². The highest BCUT2D eigenvalue weighted by Gasteiger charge is 2.22. The third-order valence-electron chi connectivity index (χ3n) is 3.78. The van der Waals surface area contributed by atoms with Gasteiger partial charge in [-0.1, -0.05) is 12.1 Å². The number of aromatic nitrogens is 3. The largest absolute Gasteiger partial charge is 0.307 e. The summed E-state index contributed by atoms with van der Waals surface area (Å²) >= 11 is 0. The van der Waals surface area contributed by atoms with Crippen molar-refractivity contribution in [2.75, 3.05) is 6.54 Å². The van der Waals surface area contributed by atoms with Gasteiger partial charge in [0, 0.05) is 0 Å². The van der Waals surface area contributed by atoms with Crippen LogP contribution in [0.15, 0.2) is 24.5 Å². The standard InChI is InChI=1S/C14H18N4/c1-10-5-3-7-13(11(10)2)18-9-16-17-14(18)12-6-4-8-15-12/h3,5,7,9,12,15H,4,6,8H2,1-2H3. The van der Waals surface area contributed by atoms with E-state index < -0.39 is 0 Å². The SMILES string of the molecule is Cc1cccc(-n2cnnc2C2CCCN2)c1C. The van der Waals surface area contributed by atoms with Crippen LogP contribution in [0, 0.1) is 13.8 Å². The fraction of sp³-hybridized carbons (Fsp3) is 0.429. The predicted molar refractivity (Wildman–Crippen MR) is 70.8 cm³/mol. The lowest BCUT2D eigenvalue weighted by atomic mass is 10.1. The average molecular weight is 242 g/mol. The minimum Gasteiger partial charge on any atom is -0.307 e. The van der Waals surface area contributed by atoms with Crippen LogP contribution in [0.25, 0.3) is 5.69 Å². The maximum absolute atomic E-state index is 4.30. The van der Waals surface area contributed by atoms with Gasteiger partial charge in [-0.3, -0.25) is 4.57 Å². The van der Waals surface area contributed by atoms with Gasteiger partial charge in [0.05, 0.1) is 11.7 Å². The summed E-state index contributed by atoms with van der Waals surface area (Å²) in [6, 6.07) is 6.69. The Morgan fingerprint density at radius 2 is 2.22 bits per heavy atom. The van der Waals surface area contributed by atoms with Crippen LogP contribution >= 0.6 is 0 Å². The van der Waals surface area contributed by atoms with E-state index in [1.54, 1.807) is 0 Å². The van der Waals surface area contributed by atoms with Gasteiger partial charge in [0.1, 0.15) is 6.33 Å².